The van der Waals surface area contributed by atoms with Gasteiger partial charge in [-0.05, 0) is 46.3 Å². The fourth-order valence-corrected chi connectivity index (χ4v) is 6.11. The highest BCUT2D eigenvalue weighted by molar-refractivity contribution is 8.03. The van der Waals surface area contributed by atoms with Gasteiger partial charge in [-0.3, -0.25) is 4.68 Å². The summed E-state index contributed by atoms with van der Waals surface area (Å²) in [5.41, 5.74) is 2.69. The van der Waals surface area contributed by atoms with Crippen molar-refractivity contribution in [1.29, 1.82) is 0 Å². The minimum atomic E-state index is -0.00708. The van der Waals surface area contributed by atoms with Crippen molar-refractivity contribution < 1.29 is 0 Å². The smallest absolute Gasteiger partial charge is 0.0963 e. The standard InChI is InChI=1S/C23H33ClN2S2/c1-15(19-9-8-16(2)27-19)10-17-11-20(28-21(17)24)23(6,7)14-26-13-18(12-25-26)22(3,4)5/h9,11-13,15-16H,8,10,14H2,1-7H3. The van der Waals surface area contributed by atoms with E-state index in [0.29, 0.717) is 5.92 Å². The first kappa shape index (κ1) is 22.0. The number of allylic oxidation sites excluding steroid dienone is 2. The molecule has 2 atom stereocenters. The second kappa shape index (κ2) is 8.20. The van der Waals surface area contributed by atoms with E-state index < -0.39 is 0 Å². The molecule has 0 aliphatic carbocycles. The lowest BCUT2D eigenvalue weighted by Gasteiger charge is -2.23. The molecule has 0 saturated carbocycles. The van der Waals surface area contributed by atoms with E-state index in [4.69, 9.17) is 11.6 Å². The summed E-state index contributed by atoms with van der Waals surface area (Å²) >= 11 is 10.4. The molecule has 5 heteroatoms. The maximum Gasteiger partial charge on any atom is 0.0963 e. The van der Waals surface area contributed by atoms with E-state index in [1.807, 2.05) is 18.0 Å². The van der Waals surface area contributed by atoms with Crippen LogP contribution in [0.15, 0.2) is 29.4 Å². The highest BCUT2D eigenvalue weighted by Crippen LogP contribution is 2.41. The summed E-state index contributed by atoms with van der Waals surface area (Å²) in [6, 6.07) is 2.33. The van der Waals surface area contributed by atoms with Gasteiger partial charge in [0.15, 0.2) is 0 Å². The average molecular weight is 437 g/mol. The summed E-state index contributed by atoms with van der Waals surface area (Å²) in [6.45, 7) is 16.7. The predicted molar refractivity (Wildman–Crippen MR) is 126 cm³/mol. The quantitative estimate of drug-likeness (QED) is 0.467. The molecule has 0 aromatic carbocycles. The highest BCUT2D eigenvalue weighted by atomic mass is 35.5. The van der Waals surface area contributed by atoms with Gasteiger partial charge in [0, 0.05) is 21.7 Å². The second-order valence-electron chi connectivity index (χ2n) is 9.85. The third kappa shape index (κ3) is 5.06. The number of nitrogens with zero attached hydrogens (tertiary/aromatic N) is 2. The highest BCUT2D eigenvalue weighted by Gasteiger charge is 2.27. The molecule has 0 saturated heterocycles. The van der Waals surface area contributed by atoms with Crippen molar-refractivity contribution in [2.24, 2.45) is 5.92 Å². The molecule has 0 bridgehead atoms. The zero-order chi connectivity index (χ0) is 20.7. The van der Waals surface area contributed by atoms with Crippen molar-refractivity contribution in [1.82, 2.24) is 9.78 Å². The Hall–Kier alpha value is -0.710. The van der Waals surface area contributed by atoms with Crippen LogP contribution in [-0.2, 0) is 23.8 Å². The summed E-state index contributed by atoms with van der Waals surface area (Å²) in [6.07, 6.45) is 8.81. The van der Waals surface area contributed by atoms with E-state index in [2.05, 4.69) is 76.6 Å². The van der Waals surface area contributed by atoms with Gasteiger partial charge in [0.25, 0.3) is 0 Å². The maximum atomic E-state index is 6.67. The van der Waals surface area contributed by atoms with E-state index in [9.17, 15) is 0 Å². The van der Waals surface area contributed by atoms with Crippen LogP contribution >= 0.6 is 34.7 Å². The van der Waals surface area contributed by atoms with Gasteiger partial charge in [-0.1, -0.05) is 66.1 Å². The Bertz CT molecular complexity index is 854. The molecule has 3 heterocycles. The molecule has 2 nitrogen and oxygen atoms in total. The van der Waals surface area contributed by atoms with Crippen molar-refractivity contribution in [3.8, 4) is 0 Å². The number of aromatic nitrogens is 2. The normalized spacial score (nSPS) is 19.1. The third-order valence-electron chi connectivity index (χ3n) is 5.48. The molecule has 1 aliphatic heterocycles. The molecular weight excluding hydrogens is 404 g/mol. The lowest BCUT2D eigenvalue weighted by molar-refractivity contribution is 0.414. The molecule has 154 valence electrons. The lowest BCUT2D eigenvalue weighted by Crippen LogP contribution is -2.23. The molecule has 3 rings (SSSR count). The van der Waals surface area contributed by atoms with Crippen molar-refractivity contribution in [3.05, 3.63) is 49.8 Å². The molecule has 0 N–H and O–H groups in total. The van der Waals surface area contributed by atoms with Gasteiger partial charge < -0.3 is 0 Å². The van der Waals surface area contributed by atoms with E-state index in [-0.39, 0.29) is 10.8 Å². The van der Waals surface area contributed by atoms with Gasteiger partial charge in [0.2, 0.25) is 0 Å². The van der Waals surface area contributed by atoms with E-state index in [0.717, 1.165) is 22.6 Å². The number of thioether (sulfide) groups is 1. The maximum absolute atomic E-state index is 6.67. The number of hydrogen-bond donors (Lipinski definition) is 0. The summed E-state index contributed by atoms with van der Waals surface area (Å²) in [7, 11) is 0. The predicted octanol–water partition coefficient (Wildman–Crippen LogP) is 7.46. The molecule has 28 heavy (non-hydrogen) atoms. The van der Waals surface area contributed by atoms with Crippen molar-refractivity contribution in [2.45, 2.75) is 83.9 Å². The van der Waals surface area contributed by atoms with Crippen LogP contribution < -0.4 is 0 Å². The molecule has 0 radical (unpaired) electrons. The zero-order valence-electron chi connectivity index (χ0n) is 18.2. The van der Waals surface area contributed by atoms with Crippen molar-refractivity contribution in [2.75, 3.05) is 0 Å². The largest absolute Gasteiger partial charge is 0.272 e. The fourth-order valence-electron chi connectivity index (χ4n) is 3.56. The van der Waals surface area contributed by atoms with Crippen LogP contribution in [0.2, 0.25) is 4.34 Å². The van der Waals surface area contributed by atoms with Gasteiger partial charge in [-0.25, -0.2) is 0 Å². The molecule has 0 amide bonds. The minimum absolute atomic E-state index is 0.00708. The first-order chi connectivity index (χ1) is 13.0. The molecular formula is C23H33ClN2S2. The van der Waals surface area contributed by atoms with Crippen molar-refractivity contribution in [3.63, 3.8) is 0 Å². The Balaban J connectivity index is 1.72. The Morgan fingerprint density at radius 2 is 2.00 bits per heavy atom. The van der Waals surface area contributed by atoms with Crippen LogP contribution in [0.4, 0.5) is 0 Å². The minimum Gasteiger partial charge on any atom is -0.272 e. The molecule has 0 fully saturated rings. The van der Waals surface area contributed by atoms with E-state index >= 15 is 0 Å². The molecule has 2 aromatic heterocycles. The number of hydrogen-bond acceptors (Lipinski definition) is 3. The van der Waals surface area contributed by atoms with Gasteiger partial charge in [0.05, 0.1) is 17.1 Å². The van der Waals surface area contributed by atoms with E-state index in [1.54, 1.807) is 11.3 Å². The van der Waals surface area contributed by atoms with Crippen LogP contribution in [0.1, 0.15) is 70.9 Å². The van der Waals surface area contributed by atoms with Crippen molar-refractivity contribution >= 4 is 34.7 Å². The van der Waals surface area contributed by atoms with Gasteiger partial charge >= 0.3 is 0 Å². The number of rotatable bonds is 6. The summed E-state index contributed by atoms with van der Waals surface area (Å²) in [5, 5.41) is 5.33. The van der Waals surface area contributed by atoms with E-state index in [1.165, 1.54) is 27.3 Å². The summed E-state index contributed by atoms with van der Waals surface area (Å²) in [4.78, 5) is 2.87. The average Bonchev–Trinajstić information content (AvgIpc) is 3.28. The summed E-state index contributed by atoms with van der Waals surface area (Å²) in [5.74, 6) is 0.540. The van der Waals surface area contributed by atoms with Crippen LogP contribution in [0.25, 0.3) is 0 Å². The zero-order valence-corrected chi connectivity index (χ0v) is 20.6. The van der Waals surface area contributed by atoms with Crippen LogP contribution in [0.5, 0.6) is 0 Å². The topological polar surface area (TPSA) is 17.8 Å². The van der Waals surface area contributed by atoms with Crippen LogP contribution in [0.3, 0.4) is 0 Å². The molecule has 0 spiro atoms. The Morgan fingerprint density at radius 3 is 2.57 bits per heavy atom. The Kier molecular flexibility index (Phi) is 6.44. The van der Waals surface area contributed by atoms with Gasteiger partial charge in [-0.15, -0.1) is 23.1 Å². The molecule has 1 aliphatic rings. The Labute approximate surface area is 183 Å². The second-order valence-corrected chi connectivity index (χ2v) is 13.0. The third-order valence-corrected chi connectivity index (χ3v) is 8.72. The van der Waals surface area contributed by atoms with Crippen LogP contribution in [0, 0.1) is 5.92 Å². The first-order valence-corrected chi connectivity index (χ1v) is 12.2. The fraction of sp³-hybridized carbons (Fsp3) is 0.609. The molecule has 2 aromatic rings. The summed E-state index contributed by atoms with van der Waals surface area (Å²) < 4.78 is 3.03. The SMILES string of the molecule is CC1CC=C(C(C)Cc2cc(C(C)(C)Cn3cc(C(C)(C)C)cn3)sc2Cl)S1. The number of thiophene rings is 1. The number of halogens is 1. The monoisotopic (exact) mass is 436 g/mol. The van der Waals surface area contributed by atoms with Gasteiger partial charge in [-0.2, -0.15) is 5.10 Å². The Morgan fingerprint density at radius 1 is 1.29 bits per heavy atom. The lowest BCUT2D eigenvalue weighted by atomic mass is 9.89. The van der Waals surface area contributed by atoms with Gasteiger partial charge in [0.1, 0.15) is 0 Å². The first-order valence-electron chi connectivity index (χ1n) is 10.1. The van der Waals surface area contributed by atoms with Crippen LogP contribution in [-0.4, -0.2) is 15.0 Å². The molecule has 2 unspecified atom stereocenters.